The minimum atomic E-state index is -3.66. The molecule has 0 aliphatic heterocycles. The Labute approximate surface area is 168 Å². The highest BCUT2D eigenvalue weighted by Gasteiger charge is 2.22. The number of benzene rings is 2. The number of nitrogens with one attached hydrogen (secondary N) is 1. The molecule has 0 atom stereocenters. The number of thioether (sulfide) groups is 1. The van der Waals surface area contributed by atoms with Crippen molar-refractivity contribution in [2.45, 2.75) is 11.8 Å². The van der Waals surface area contributed by atoms with Crippen LogP contribution in [0.5, 0.6) is 0 Å². The fraction of sp³-hybridized carbons (Fsp3) is 0.222. The van der Waals surface area contributed by atoms with E-state index in [9.17, 15) is 13.2 Å². The first kappa shape index (κ1) is 21.3. The van der Waals surface area contributed by atoms with E-state index in [2.05, 4.69) is 10.5 Å². The van der Waals surface area contributed by atoms with Crippen LogP contribution in [0.1, 0.15) is 11.1 Å². The van der Waals surface area contributed by atoms with Crippen LogP contribution < -0.4 is 9.73 Å². The van der Waals surface area contributed by atoms with E-state index in [1.807, 2.05) is 30.5 Å². The van der Waals surface area contributed by atoms with E-state index in [-0.39, 0.29) is 6.54 Å². The monoisotopic (exact) mass is 425 g/mol. The van der Waals surface area contributed by atoms with E-state index in [4.69, 9.17) is 11.6 Å². The average molecular weight is 426 g/mol. The zero-order valence-electron chi connectivity index (χ0n) is 15.1. The third-order valence-corrected chi connectivity index (χ3v) is 5.74. The third-order valence-electron chi connectivity index (χ3n) is 3.63. The van der Waals surface area contributed by atoms with Crippen LogP contribution in [-0.4, -0.2) is 39.6 Å². The maximum Gasteiger partial charge on any atom is 0.260 e. The zero-order valence-corrected chi connectivity index (χ0v) is 17.5. The second-order valence-corrected chi connectivity index (χ2v) is 8.99. The fourth-order valence-electron chi connectivity index (χ4n) is 2.31. The normalized spacial score (nSPS) is 11.6. The molecule has 2 aromatic carbocycles. The van der Waals surface area contributed by atoms with Crippen molar-refractivity contribution in [1.29, 1.82) is 0 Å². The summed E-state index contributed by atoms with van der Waals surface area (Å²) in [6, 6.07) is 12.4. The van der Waals surface area contributed by atoms with Gasteiger partial charge in [-0.15, -0.1) is 11.8 Å². The Morgan fingerprint density at radius 3 is 2.48 bits per heavy atom. The van der Waals surface area contributed by atoms with Crippen LogP contribution in [0.15, 0.2) is 52.5 Å². The number of aryl methyl sites for hydroxylation is 1. The van der Waals surface area contributed by atoms with Crippen molar-refractivity contribution in [2.24, 2.45) is 5.10 Å². The summed E-state index contributed by atoms with van der Waals surface area (Å²) in [5.41, 5.74) is 4.22. The largest absolute Gasteiger partial charge is 0.271 e. The predicted molar refractivity (Wildman–Crippen MR) is 112 cm³/mol. The minimum absolute atomic E-state index is 0.385. The Kier molecular flexibility index (Phi) is 7.29. The number of sulfonamides is 1. The summed E-state index contributed by atoms with van der Waals surface area (Å²) in [5.74, 6) is -0.549. The molecule has 0 fully saturated rings. The van der Waals surface area contributed by atoms with Gasteiger partial charge in [0, 0.05) is 9.92 Å². The molecule has 9 heteroatoms. The third kappa shape index (κ3) is 6.27. The van der Waals surface area contributed by atoms with E-state index >= 15 is 0 Å². The Morgan fingerprint density at radius 2 is 1.93 bits per heavy atom. The number of rotatable bonds is 7. The SMILES string of the molecule is CSc1ccc(/C=N\NC(=O)CN(c2ccc(Cl)cc2C)S(C)(=O)=O)cc1. The highest BCUT2D eigenvalue weighted by molar-refractivity contribution is 7.98. The molecule has 0 bridgehead atoms. The zero-order chi connectivity index (χ0) is 20.0. The molecule has 0 heterocycles. The summed E-state index contributed by atoms with van der Waals surface area (Å²) in [5, 5.41) is 4.38. The second-order valence-electron chi connectivity index (χ2n) is 5.77. The molecule has 2 aromatic rings. The average Bonchev–Trinajstić information content (AvgIpc) is 2.60. The lowest BCUT2D eigenvalue weighted by molar-refractivity contribution is -0.119. The summed E-state index contributed by atoms with van der Waals surface area (Å²) in [7, 11) is -3.66. The van der Waals surface area contributed by atoms with Crippen molar-refractivity contribution < 1.29 is 13.2 Å². The summed E-state index contributed by atoms with van der Waals surface area (Å²) in [6.45, 7) is 1.34. The molecule has 0 saturated heterocycles. The predicted octanol–water partition coefficient (Wildman–Crippen LogP) is 3.29. The van der Waals surface area contributed by atoms with Gasteiger partial charge in [0.2, 0.25) is 10.0 Å². The highest BCUT2D eigenvalue weighted by atomic mass is 35.5. The molecule has 2 rings (SSSR count). The van der Waals surface area contributed by atoms with Crippen molar-refractivity contribution in [1.82, 2.24) is 5.43 Å². The van der Waals surface area contributed by atoms with Crippen molar-refractivity contribution >= 4 is 51.2 Å². The van der Waals surface area contributed by atoms with Crippen LogP contribution in [0.4, 0.5) is 5.69 Å². The van der Waals surface area contributed by atoms with Crippen LogP contribution in [0.2, 0.25) is 5.02 Å². The lowest BCUT2D eigenvalue weighted by Crippen LogP contribution is -2.39. The maximum atomic E-state index is 12.2. The molecule has 0 spiro atoms. The number of amides is 1. The van der Waals surface area contributed by atoms with Gasteiger partial charge in [-0.25, -0.2) is 13.8 Å². The van der Waals surface area contributed by atoms with Crippen LogP contribution >= 0.6 is 23.4 Å². The number of hydrazone groups is 1. The second kappa shape index (κ2) is 9.25. The molecule has 0 saturated carbocycles. The topological polar surface area (TPSA) is 78.8 Å². The maximum absolute atomic E-state index is 12.2. The Bertz CT molecular complexity index is 945. The number of anilines is 1. The van der Waals surface area contributed by atoms with Crippen LogP contribution in [0, 0.1) is 6.92 Å². The molecule has 1 N–H and O–H groups in total. The van der Waals surface area contributed by atoms with Gasteiger partial charge in [-0.2, -0.15) is 5.10 Å². The van der Waals surface area contributed by atoms with Crippen molar-refractivity contribution in [3.8, 4) is 0 Å². The van der Waals surface area contributed by atoms with Crippen LogP contribution in [0.25, 0.3) is 0 Å². The quantitative estimate of drug-likeness (QED) is 0.419. The van der Waals surface area contributed by atoms with Crippen molar-refractivity contribution in [2.75, 3.05) is 23.4 Å². The number of carbonyl (C=O) groups is 1. The number of hydrogen-bond donors (Lipinski definition) is 1. The number of nitrogens with zero attached hydrogens (tertiary/aromatic N) is 2. The molecule has 144 valence electrons. The molecule has 1 amide bonds. The lowest BCUT2D eigenvalue weighted by atomic mass is 10.2. The standard InChI is InChI=1S/C18H20ClN3O3S2/c1-13-10-15(19)6-9-17(13)22(27(3,24)25)12-18(23)21-20-11-14-4-7-16(26-2)8-5-14/h4-11H,12H2,1-3H3,(H,21,23)/b20-11-. The highest BCUT2D eigenvalue weighted by Crippen LogP contribution is 2.25. The van der Waals surface area contributed by atoms with Gasteiger partial charge in [-0.1, -0.05) is 23.7 Å². The molecular weight excluding hydrogens is 406 g/mol. The summed E-state index contributed by atoms with van der Waals surface area (Å²) < 4.78 is 25.3. The first-order valence-electron chi connectivity index (χ1n) is 7.90. The molecule has 0 aliphatic rings. The smallest absolute Gasteiger partial charge is 0.260 e. The van der Waals surface area contributed by atoms with Crippen LogP contribution in [-0.2, 0) is 14.8 Å². The van der Waals surface area contributed by atoms with E-state index in [1.165, 1.54) is 6.21 Å². The van der Waals surface area contributed by atoms with Gasteiger partial charge in [0.1, 0.15) is 6.54 Å². The van der Waals surface area contributed by atoms with E-state index < -0.39 is 15.9 Å². The van der Waals surface area contributed by atoms with Gasteiger partial charge in [0.05, 0.1) is 18.2 Å². The van der Waals surface area contributed by atoms with E-state index in [1.54, 1.807) is 36.9 Å². The van der Waals surface area contributed by atoms with Gasteiger partial charge < -0.3 is 0 Å². The van der Waals surface area contributed by atoms with Gasteiger partial charge in [-0.05, 0) is 54.6 Å². The lowest BCUT2D eigenvalue weighted by Gasteiger charge is -2.23. The van der Waals surface area contributed by atoms with Crippen molar-refractivity contribution in [3.05, 3.63) is 58.6 Å². The Hall–Kier alpha value is -2.03. The molecule has 0 unspecified atom stereocenters. The Balaban J connectivity index is 2.08. The molecule has 0 aliphatic carbocycles. The number of hydrogen-bond acceptors (Lipinski definition) is 5. The van der Waals surface area contributed by atoms with Crippen LogP contribution in [0.3, 0.4) is 0 Å². The summed E-state index contributed by atoms with van der Waals surface area (Å²) in [4.78, 5) is 13.3. The van der Waals surface area contributed by atoms with E-state index in [0.29, 0.717) is 16.3 Å². The van der Waals surface area contributed by atoms with Gasteiger partial charge >= 0.3 is 0 Å². The molecule has 0 radical (unpaired) electrons. The summed E-state index contributed by atoms with van der Waals surface area (Å²) >= 11 is 7.55. The first-order chi connectivity index (χ1) is 12.7. The Morgan fingerprint density at radius 1 is 1.26 bits per heavy atom. The molecule has 27 heavy (non-hydrogen) atoms. The molecular formula is C18H20ClN3O3S2. The summed E-state index contributed by atoms with van der Waals surface area (Å²) in [6.07, 6.45) is 4.53. The minimum Gasteiger partial charge on any atom is -0.271 e. The van der Waals surface area contributed by atoms with E-state index in [0.717, 1.165) is 21.0 Å². The number of halogens is 1. The fourth-order valence-corrected chi connectivity index (χ4v) is 3.86. The van der Waals surface area contributed by atoms with Gasteiger partial charge in [-0.3, -0.25) is 9.10 Å². The molecule has 6 nitrogen and oxygen atoms in total. The van der Waals surface area contributed by atoms with Crippen molar-refractivity contribution in [3.63, 3.8) is 0 Å². The van der Waals surface area contributed by atoms with Gasteiger partial charge in [0.15, 0.2) is 0 Å². The first-order valence-corrected chi connectivity index (χ1v) is 11.4. The van der Waals surface area contributed by atoms with Gasteiger partial charge in [0.25, 0.3) is 5.91 Å². The number of carbonyl (C=O) groups excluding carboxylic acids is 1. The molecule has 0 aromatic heterocycles.